The standard InChI is InChI=1S/C16H28N4OS/c1-5-8-13(4)11-17-15-12-21-10-9-14(15)18-19-16(22)20(6-2)7-3/h11H,5-10,12H2,1-4H3,(H,19,22)/b13-11-,17-15+,18-14-. The lowest BCUT2D eigenvalue weighted by molar-refractivity contribution is 0.174. The number of rotatable bonds is 6. The number of ether oxygens (including phenoxy) is 1. The van der Waals surface area contributed by atoms with Crippen LogP contribution in [-0.2, 0) is 4.74 Å². The lowest BCUT2D eigenvalue weighted by Gasteiger charge is -2.22. The SMILES string of the molecule is CCC\C(C)=C/N=C1\COCC\C1=N\NC(=S)N(CC)CC. The van der Waals surface area contributed by atoms with Crippen molar-refractivity contribution in [1.29, 1.82) is 0 Å². The minimum absolute atomic E-state index is 0.508. The molecule has 124 valence electrons. The highest BCUT2D eigenvalue weighted by Crippen LogP contribution is 2.06. The van der Waals surface area contributed by atoms with Crippen LogP contribution in [0.4, 0.5) is 0 Å². The van der Waals surface area contributed by atoms with Crippen LogP contribution in [0.1, 0.15) is 47.0 Å². The second-order valence-electron chi connectivity index (χ2n) is 5.25. The van der Waals surface area contributed by atoms with Gasteiger partial charge in [-0.15, -0.1) is 0 Å². The molecule has 22 heavy (non-hydrogen) atoms. The number of hydrogen-bond acceptors (Lipinski definition) is 4. The first-order chi connectivity index (χ1) is 10.6. The molecule has 1 fully saturated rings. The zero-order valence-corrected chi connectivity index (χ0v) is 15.0. The molecular weight excluding hydrogens is 296 g/mol. The summed E-state index contributed by atoms with van der Waals surface area (Å²) < 4.78 is 5.49. The number of nitrogens with one attached hydrogen (secondary N) is 1. The molecule has 1 saturated heterocycles. The summed E-state index contributed by atoms with van der Waals surface area (Å²) in [4.78, 5) is 6.60. The highest BCUT2D eigenvalue weighted by Gasteiger charge is 2.15. The van der Waals surface area contributed by atoms with E-state index in [2.05, 4.69) is 48.1 Å². The molecule has 6 heteroatoms. The molecule has 5 nitrogen and oxygen atoms in total. The minimum Gasteiger partial charge on any atom is -0.375 e. The molecule has 0 spiro atoms. The number of nitrogens with zero attached hydrogens (tertiary/aromatic N) is 3. The van der Waals surface area contributed by atoms with Crippen molar-refractivity contribution in [1.82, 2.24) is 10.3 Å². The monoisotopic (exact) mass is 324 g/mol. The van der Waals surface area contributed by atoms with Crippen molar-refractivity contribution < 1.29 is 4.74 Å². The van der Waals surface area contributed by atoms with Crippen molar-refractivity contribution in [3.63, 3.8) is 0 Å². The van der Waals surface area contributed by atoms with Crippen LogP contribution in [0.2, 0.25) is 0 Å². The smallest absolute Gasteiger partial charge is 0.189 e. The minimum atomic E-state index is 0.508. The van der Waals surface area contributed by atoms with Gasteiger partial charge < -0.3 is 9.64 Å². The Kier molecular flexibility index (Phi) is 8.92. The Bertz CT molecular complexity index is 453. The Hall–Kier alpha value is -1.27. The van der Waals surface area contributed by atoms with E-state index in [-0.39, 0.29) is 0 Å². The summed E-state index contributed by atoms with van der Waals surface area (Å²) in [5.74, 6) is 0. The second kappa shape index (κ2) is 10.5. The van der Waals surface area contributed by atoms with E-state index in [0.717, 1.165) is 43.8 Å². The third-order valence-corrected chi connectivity index (χ3v) is 3.83. The number of thiocarbonyl (C=S) groups is 1. The Labute approximate surface area is 139 Å². The van der Waals surface area contributed by atoms with Gasteiger partial charge in [-0.1, -0.05) is 18.9 Å². The summed E-state index contributed by atoms with van der Waals surface area (Å²) in [6.45, 7) is 11.3. The maximum absolute atomic E-state index is 5.49. The van der Waals surface area contributed by atoms with E-state index in [1.54, 1.807) is 0 Å². The fraction of sp³-hybridized carbons (Fsp3) is 0.688. The van der Waals surface area contributed by atoms with Crippen LogP contribution >= 0.6 is 12.2 Å². The fourth-order valence-electron chi connectivity index (χ4n) is 2.14. The van der Waals surface area contributed by atoms with Gasteiger partial charge in [0.25, 0.3) is 0 Å². The van der Waals surface area contributed by atoms with Gasteiger partial charge in [-0.05, 0) is 39.4 Å². The molecule has 1 aliphatic heterocycles. The van der Waals surface area contributed by atoms with Crippen LogP contribution < -0.4 is 5.43 Å². The molecule has 1 rings (SSSR count). The lowest BCUT2D eigenvalue weighted by atomic mass is 10.1. The number of aliphatic imine (C=N–C) groups is 1. The maximum Gasteiger partial charge on any atom is 0.189 e. The van der Waals surface area contributed by atoms with Gasteiger partial charge in [0.05, 0.1) is 24.6 Å². The first-order valence-electron chi connectivity index (χ1n) is 8.04. The normalized spacial score (nSPS) is 19.5. The topological polar surface area (TPSA) is 49.2 Å². The van der Waals surface area contributed by atoms with Gasteiger partial charge in [-0.3, -0.25) is 10.4 Å². The molecule has 0 aliphatic carbocycles. The van der Waals surface area contributed by atoms with Crippen LogP contribution in [0.25, 0.3) is 0 Å². The number of hydrogen-bond donors (Lipinski definition) is 1. The third-order valence-electron chi connectivity index (χ3n) is 3.48. The molecule has 0 aromatic heterocycles. The number of hydrazone groups is 1. The molecule has 0 radical (unpaired) electrons. The molecule has 0 saturated carbocycles. The molecule has 1 N–H and O–H groups in total. The van der Waals surface area contributed by atoms with Gasteiger partial charge in [0.1, 0.15) is 0 Å². The van der Waals surface area contributed by atoms with Crippen molar-refractivity contribution in [3.8, 4) is 0 Å². The van der Waals surface area contributed by atoms with Gasteiger partial charge in [-0.25, -0.2) is 0 Å². The first kappa shape index (κ1) is 18.8. The van der Waals surface area contributed by atoms with Crippen molar-refractivity contribution >= 4 is 28.8 Å². The predicted octanol–water partition coefficient (Wildman–Crippen LogP) is 3.12. The van der Waals surface area contributed by atoms with E-state index in [4.69, 9.17) is 17.0 Å². The summed E-state index contributed by atoms with van der Waals surface area (Å²) in [7, 11) is 0. The Balaban J connectivity index is 2.76. The largest absolute Gasteiger partial charge is 0.375 e. The molecule has 0 amide bonds. The Morgan fingerprint density at radius 2 is 2.05 bits per heavy atom. The number of allylic oxidation sites excluding steroid dienone is 1. The van der Waals surface area contributed by atoms with Gasteiger partial charge >= 0.3 is 0 Å². The summed E-state index contributed by atoms with van der Waals surface area (Å²) in [6.07, 6.45) is 4.87. The zero-order chi connectivity index (χ0) is 16.4. The lowest BCUT2D eigenvalue weighted by Crippen LogP contribution is -2.39. The van der Waals surface area contributed by atoms with E-state index in [1.807, 2.05) is 6.20 Å². The van der Waals surface area contributed by atoms with Crippen LogP contribution in [0.3, 0.4) is 0 Å². The first-order valence-corrected chi connectivity index (χ1v) is 8.45. The van der Waals surface area contributed by atoms with Crippen LogP contribution in [0.15, 0.2) is 21.9 Å². The summed E-state index contributed by atoms with van der Waals surface area (Å²) in [5, 5.41) is 5.10. The van der Waals surface area contributed by atoms with E-state index < -0.39 is 0 Å². The van der Waals surface area contributed by atoms with E-state index in [1.165, 1.54) is 5.57 Å². The van der Waals surface area contributed by atoms with E-state index in [0.29, 0.717) is 18.3 Å². The van der Waals surface area contributed by atoms with Crippen LogP contribution in [0.5, 0.6) is 0 Å². The van der Waals surface area contributed by atoms with Crippen molar-refractivity contribution in [2.75, 3.05) is 26.3 Å². The van der Waals surface area contributed by atoms with Gasteiger partial charge in [-0.2, -0.15) is 5.10 Å². The quantitative estimate of drug-likeness (QED) is 0.602. The van der Waals surface area contributed by atoms with Crippen LogP contribution in [0, 0.1) is 0 Å². The summed E-state index contributed by atoms with van der Waals surface area (Å²) >= 11 is 5.35. The molecular formula is C16H28N4OS. The van der Waals surface area contributed by atoms with Gasteiger partial charge in [0, 0.05) is 25.7 Å². The highest BCUT2D eigenvalue weighted by atomic mass is 32.1. The van der Waals surface area contributed by atoms with Crippen molar-refractivity contribution in [3.05, 3.63) is 11.8 Å². The van der Waals surface area contributed by atoms with Crippen molar-refractivity contribution in [2.45, 2.75) is 47.0 Å². The van der Waals surface area contributed by atoms with Gasteiger partial charge in [0.2, 0.25) is 0 Å². The molecule has 0 aromatic carbocycles. The summed E-state index contributed by atoms with van der Waals surface area (Å²) in [5.41, 5.74) is 6.07. The average Bonchev–Trinajstić information content (AvgIpc) is 2.53. The molecule has 0 unspecified atom stereocenters. The van der Waals surface area contributed by atoms with Crippen molar-refractivity contribution in [2.24, 2.45) is 10.1 Å². The molecule has 0 aromatic rings. The third kappa shape index (κ3) is 6.23. The zero-order valence-electron chi connectivity index (χ0n) is 14.2. The van der Waals surface area contributed by atoms with Gasteiger partial charge in [0.15, 0.2) is 5.11 Å². The molecule has 1 aliphatic rings. The molecule has 1 heterocycles. The maximum atomic E-state index is 5.49. The fourth-order valence-corrected chi connectivity index (χ4v) is 2.45. The van der Waals surface area contributed by atoms with E-state index >= 15 is 0 Å². The molecule has 0 atom stereocenters. The Morgan fingerprint density at radius 1 is 1.32 bits per heavy atom. The second-order valence-corrected chi connectivity index (χ2v) is 5.64. The van der Waals surface area contributed by atoms with E-state index in [9.17, 15) is 0 Å². The highest BCUT2D eigenvalue weighted by molar-refractivity contribution is 7.80. The predicted molar refractivity (Wildman–Crippen MR) is 97.6 cm³/mol. The van der Waals surface area contributed by atoms with Crippen LogP contribution in [-0.4, -0.2) is 47.7 Å². The average molecular weight is 324 g/mol. The Morgan fingerprint density at radius 3 is 2.68 bits per heavy atom. The summed E-state index contributed by atoms with van der Waals surface area (Å²) in [6, 6.07) is 0. The molecule has 0 bridgehead atoms.